The van der Waals surface area contributed by atoms with E-state index in [1.165, 1.54) is 17.5 Å². The first-order valence-electron chi connectivity index (χ1n) is 27.9. The molecule has 3 N–H and O–H groups in total. The van der Waals surface area contributed by atoms with E-state index in [1.807, 2.05) is 161 Å². The van der Waals surface area contributed by atoms with Crippen molar-refractivity contribution in [3.05, 3.63) is 214 Å². The molecule has 0 aliphatic carbocycles. The Morgan fingerprint density at radius 1 is 0.460 bits per heavy atom. The van der Waals surface area contributed by atoms with Crippen LogP contribution in [0.15, 0.2) is 175 Å². The molecule has 7 rings (SSSR count). The summed E-state index contributed by atoms with van der Waals surface area (Å²) in [4.78, 5) is 62.9. The average Bonchev–Trinajstić information content (AvgIpc) is 3.74. The van der Waals surface area contributed by atoms with Gasteiger partial charge in [0.2, 0.25) is 0 Å². The van der Waals surface area contributed by atoms with Crippen LogP contribution in [-0.2, 0) is 20.8 Å². The van der Waals surface area contributed by atoms with Crippen molar-refractivity contribution in [2.75, 3.05) is 53.3 Å². The SMILES string of the molecule is C/C(=C\c1ccccc1C)C(=O)[I-]CCC[I-]C(=O)c1ccc(-c2ccccc2OO)cc1.C=O.CCC.CCc1ccccc1.CO.CO.COc1cc(C)c(/C=C(\C)C(=O)[I-]CCC[I-]C(=O)c2ccc(-c3ccccc3OC)cc2)cc1OC. The molecule has 0 aromatic heterocycles. The van der Waals surface area contributed by atoms with Gasteiger partial charge in [-0.25, -0.2) is 0 Å². The van der Waals surface area contributed by atoms with Crippen molar-refractivity contribution >= 4 is 34.1 Å². The van der Waals surface area contributed by atoms with Crippen LogP contribution in [0.25, 0.3) is 34.4 Å². The van der Waals surface area contributed by atoms with Crippen LogP contribution < -0.4 is 104 Å². The van der Waals surface area contributed by atoms with E-state index >= 15 is 0 Å². The van der Waals surface area contributed by atoms with E-state index in [-0.39, 0.29) is 15.2 Å². The van der Waals surface area contributed by atoms with Crippen LogP contribution in [-0.4, -0.2) is 90.7 Å². The van der Waals surface area contributed by atoms with Crippen molar-refractivity contribution in [3.8, 4) is 45.3 Å². The number of para-hydroxylation sites is 2. The van der Waals surface area contributed by atoms with Crippen LogP contribution in [0.3, 0.4) is 0 Å². The van der Waals surface area contributed by atoms with E-state index in [0.29, 0.717) is 17.2 Å². The number of carbonyl (C=O) groups is 5. The standard InChI is InChI=1S/C30H32I2O5.C27H26I2O4.C8H10.C3H8.2CH4O.CH2O/c1-20-18-27(36-4)28(37-5)19-24(20)17-21(2)29(33)31-15-8-16-32-30(34)23-13-11-22(12-14-23)25-9-6-7-10-26(25)35-3;1-19-8-3-4-9-23(19)18-20(2)26(30)28-16-7-17-29-27(31)22-14-12-21(13-15-22)24-10-5-6-11-25(24)33-32;1-2-8-6-4-3-5-7-8;1-3-2;3*1-2/h6-7,9-14,17-19H,8,15-16H2,1-5H3;3-6,8-15,18,32H,7,16-17H2,1-2H3;3-7H,2H2,1H3;3H2,1-2H3;2*2H,1H3;1H2/q2*-2;;;;;/b21-17+;20-18+;;;;;. The molecular weight excluding hydrogens is 1550 g/mol. The van der Waals surface area contributed by atoms with Gasteiger partial charge in [0, 0.05) is 14.2 Å². The number of hydrogen-bond acceptors (Lipinski definition) is 12. The second kappa shape index (κ2) is 48.3. The molecule has 7 aromatic rings. The van der Waals surface area contributed by atoms with E-state index < -0.39 is 84.8 Å². The predicted octanol–water partition coefficient (Wildman–Crippen LogP) is 2.58. The molecule has 0 heterocycles. The van der Waals surface area contributed by atoms with E-state index in [4.69, 9.17) is 34.5 Å². The number of alkyl halides is 4. The number of hydrogen-bond donors (Lipinski definition) is 3. The van der Waals surface area contributed by atoms with Gasteiger partial charge in [-0.1, -0.05) is 57.5 Å². The summed E-state index contributed by atoms with van der Waals surface area (Å²) < 4.78 is 20.8. The summed E-state index contributed by atoms with van der Waals surface area (Å²) in [6.07, 6.45) is 8.18. The maximum absolute atomic E-state index is 12.7. The van der Waals surface area contributed by atoms with E-state index in [0.717, 1.165) is 118 Å². The van der Waals surface area contributed by atoms with E-state index in [1.54, 1.807) is 33.5 Å². The zero-order valence-electron chi connectivity index (χ0n) is 52.1. The minimum absolute atomic E-state index is 0.215. The van der Waals surface area contributed by atoms with Crippen LogP contribution in [0, 0.1) is 13.8 Å². The Hall–Kier alpha value is -5.63. The summed E-state index contributed by atoms with van der Waals surface area (Å²) >= 11 is -2.33. The number of aliphatic hydroxyl groups excluding tert-OH is 2. The van der Waals surface area contributed by atoms with Crippen molar-refractivity contribution in [3.63, 3.8) is 0 Å². The molecule has 0 fully saturated rings. The molecule has 0 radical (unpaired) electrons. The number of rotatable bonds is 25. The van der Waals surface area contributed by atoms with Crippen LogP contribution in [0.5, 0.6) is 23.0 Å². The summed E-state index contributed by atoms with van der Waals surface area (Å²) in [5, 5.41) is 23.0. The molecule has 0 atom stereocenters. The zero-order chi connectivity index (χ0) is 64.9. The van der Waals surface area contributed by atoms with Crippen molar-refractivity contribution in [1.82, 2.24) is 0 Å². The number of allylic oxidation sites excluding steroid dienone is 2. The summed E-state index contributed by atoms with van der Waals surface area (Å²) in [5.74, 6) is 2.53. The van der Waals surface area contributed by atoms with Crippen LogP contribution >= 0.6 is 0 Å². The molecule has 0 saturated heterocycles. The number of aryl methyl sites for hydroxylation is 3. The Labute approximate surface area is 558 Å². The number of methoxy groups -OCH3 is 3. The van der Waals surface area contributed by atoms with Gasteiger partial charge < -0.3 is 15.0 Å². The molecule has 12 nitrogen and oxygen atoms in total. The summed E-state index contributed by atoms with van der Waals surface area (Å²) in [6.45, 7) is 16.2. The molecule has 0 spiro atoms. The van der Waals surface area contributed by atoms with Gasteiger partial charge >= 0.3 is 458 Å². The van der Waals surface area contributed by atoms with Crippen LogP contribution in [0.4, 0.5) is 0 Å². The molecule has 0 unspecified atom stereocenters. The molecule has 0 aliphatic rings. The fraction of sp³-hybridized carbons (Fsp3) is 0.282. The number of halogens is 4. The summed E-state index contributed by atoms with van der Waals surface area (Å²) in [5.41, 5.74) is 12.4. The maximum atomic E-state index is 12.7. The molecule has 0 aliphatic heterocycles. The van der Waals surface area contributed by atoms with Crippen molar-refractivity contribution < 1.29 is 143 Å². The minimum atomic E-state index is -0.600. The third-order valence-corrected chi connectivity index (χ3v) is 22.8. The molecule has 87 heavy (non-hydrogen) atoms. The first-order valence-corrected chi connectivity index (χ1v) is 38.3. The van der Waals surface area contributed by atoms with Gasteiger partial charge in [-0.15, -0.1) is 0 Å². The molecule has 0 saturated carbocycles. The Morgan fingerprint density at radius 3 is 1.26 bits per heavy atom. The molecule has 16 heteroatoms. The molecule has 0 amide bonds. The third-order valence-electron chi connectivity index (χ3n) is 11.9. The van der Waals surface area contributed by atoms with Gasteiger partial charge in [0.1, 0.15) is 6.79 Å². The van der Waals surface area contributed by atoms with Crippen molar-refractivity contribution in [2.45, 2.75) is 74.1 Å². The van der Waals surface area contributed by atoms with E-state index in [2.05, 4.69) is 62.9 Å². The molecule has 7 aromatic carbocycles. The van der Waals surface area contributed by atoms with Gasteiger partial charge in [0.15, 0.2) is 0 Å². The van der Waals surface area contributed by atoms with Gasteiger partial charge in [0.25, 0.3) is 0 Å². The number of ether oxygens (including phenoxy) is 3. The monoisotopic (exact) mass is 1640 g/mol. The first-order chi connectivity index (χ1) is 42.2. The zero-order valence-corrected chi connectivity index (χ0v) is 60.8. The second-order valence-corrected chi connectivity index (χ2v) is 29.4. The normalized spacial score (nSPS) is 10.5. The predicted molar refractivity (Wildman–Crippen MR) is 339 cm³/mol. The number of benzene rings is 7. The van der Waals surface area contributed by atoms with Gasteiger partial charge in [0.05, 0.1) is 0 Å². The van der Waals surface area contributed by atoms with E-state index in [9.17, 15) is 19.2 Å². The third kappa shape index (κ3) is 29.5. The first kappa shape index (κ1) is 79.4. The van der Waals surface area contributed by atoms with Crippen molar-refractivity contribution in [1.29, 1.82) is 0 Å². The molecular formula is C71H86I4O12-4. The van der Waals surface area contributed by atoms with Crippen LogP contribution in [0.1, 0.15) is 102 Å². The second-order valence-electron chi connectivity index (χ2n) is 18.2. The van der Waals surface area contributed by atoms with Gasteiger partial charge in [-0.2, -0.15) is 0 Å². The van der Waals surface area contributed by atoms with Gasteiger partial charge in [-0.3, -0.25) is 0 Å². The topological polar surface area (TPSA) is 183 Å². The summed E-state index contributed by atoms with van der Waals surface area (Å²) in [6, 6.07) is 52.6. The fourth-order valence-electron chi connectivity index (χ4n) is 7.50. The van der Waals surface area contributed by atoms with Gasteiger partial charge in [-0.05, 0) is 12.0 Å². The number of carbonyl (C=O) groups excluding carboxylic acids is 5. The Bertz CT molecular complexity index is 3160. The number of aliphatic hydroxyl groups is 2. The molecule has 474 valence electrons. The average molecular weight is 1640 g/mol. The molecule has 0 bridgehead atoms. The summed E-state index contributed by atoms with van der Waals surface area (Å²) in [7, 11) is 6.88. The quantitative estimate of drug-likeness (QED) is 0.0145. The Kier molecular flexibility index (Phi) is 44.1. The Balaban J connectivity index is 0.000000691. The van der Waals surface area contributed by atoms with Crippen LogP contribution in [0.2, 0.25) is 0 Å². The Morgan fingerprint density at radius 2 is 0.839 bits per heavy atom. The van der Waals surface area contributed by atoms with Crippen molar-refractivity contribution in [2.24, 2.45) is 0 Å². The fourth-order valence-corrected chi connectivity index (χ4v) is 18.5.